The van der Waals surface area contributed by atoms with Gasteiger partial charge in [-0.25, -0.2) is 4.39 Å². The summed E-state index contributed by atoms with van der Waals surface area (Å²) in [5.74, 6) is -0.0902. The van der Waals surface area contributed by atoms with Gasteiger partial charge < -0.3 is 19.9 Å². The highest BCUT2D eigenvalue weighted by molar-refractivity contribution is 5.92. The third-order valence-corrected chi connectivity index (χ3v) is 6.21. The highest BCUT2D eigenvalue weighted by atomic mass is 19.1. The lowest BCUT2D eigenvalue weighted by Gasteiger charge is -2.26. The number of methoxy groups -OCH3 is 1. The Bertz CT molecular complexity index is 1240. The van der Waals surface area contributed by atoms with Gasteiger partial charge >= 0.3 is 0 Å². The first kappa shape index (κ1) is 25.6. The van der Waals surface area contributed by atoms with Gasteiger partial charge in [0.05, 0.1) is 31.6 Å². The number of nitrogens with zero attached hydrogens (tertiary/aromatic N) is 4. The molecule has 0 aliphatic carbocycles. The van der Waals surface area contributed by atoms with Crippen LogP contribution < -0.4 is 10.1 Å². The summed E-state index contributed by atoms with van der Waals surface area (Å²) in [5, 5.41) is 21.9. The smallest absolute Gasteiger partial charge is 0.289 e. The number of morpholine rings is 1. The van der Waals surface area contributed by atoms with Crippen LogP contribution >= 0.6 is 0 Å². The molecule has 0 unspecified atom stereocenters. The molecular weight excluding hydrogens is 465 g/mol. The van der Waals surface area contributed by atoms with Crippen molar-refractivity contribution in [2.24, 2.45) is 0 Å². The number of hydrogen-bond donors (Lipinski definition) is 2. The Morgan fingerprint density at radius 2 is 1.97 bits per heavy atom. The molecule has 9 nitrogen and oxygen atoms in total. The molecule has 1 aromatic heterocycles. The molecule has 1 aliphatic rings. The Morgan fingerprint density at radius 1 is 1.22 bits per heavy atom. The summed E-state index contributed by atoms with van der Waals surface area (Å²) in [6.07, 6.45) is 0. The Labute approximate surface area is 209 Å². The lowest BCUT2D eigenvalue weighted by Crippen LogP contribution is -2.35. The van der Waals surface area contributed by atoms with E-state index in [-0.39, 0.29) is 23.3 Å². The molecule has 192 valence electrons. The van der Waals surface area contributed by atoms with Crippen molar-refractivity contribution >= 4 is 5.91 Å². The average molecular weight is 498 g/mol. The van der Waals surface area contributed by atoms with Crippen molar-refractivity contribution < 1.29 is 23.8 Å². The molecule has 1 fully saturated rings. The van der Waals surface area contributed by atoms with Gasteiger partial charge in [-0.1, -0.05) is 19.9 Å². The van der Waals surface area contributed by atoms with Crippen molar-refractivity contribution in [2.45, 2.75) is 33.2 Å². The zero-order chi connectivity index (χ0) is 25.8. The first-order valence-corrected chi connectivity index (χ1v) is 12.1. The van der Waals surface area contributed by atoms with Crippen molar-refractivity contribution in [1.82, 2.24) is 25.0 Å². The standard InChI is InChI=1S/C26H32FN5O4/c1-5-28-26(34)25-30-29-24(20-13-19(16(2)3)23(35-4)14-22(20)33)32(25)18-7-6-17(21(27)12-18)15-31-8-10-36-11-9-31/h6-7,12-14,16,33H,5,8-11,15H2,1-4H3,(H,28,34). The lowest BCUT2D eigenvalue weighted by molar-refractivity contribution is 0.0337. The van der Waals surface area contributed by atoms with E-state index in [0.29, 0.717) is 48.9 Å². The molecule has 3 aromatic rings. The van der Waals surface area contributed by atoms with Gasteiger partial charge in [-0.2, -0.15) is 0 Å². The van der Waals surface area contributed by atoms with Crippen LogP contribution in [0.3, 0.4) is 0 Å². The van der Waals surface area contributed by atoms with Gasteiger partial charge in [0.25, 0.3) is 5.91 Å². The molecule has 0 bridgehead atoms. The van der Waals surface area contributed by atoms with E-state index < -0.39 is 11.7 Å². The predicted octanol–water partition coefficient (Wildman–Crippen LogP) is 3.49. The van der Waals surface area contributed by atoms with E-state index in [4.69, 9.17) is 9.47 Å². The van der Waals surface area contributed by atoms with E-state index in [0.717, 1.165) is 18.7 Å². The third-order valence-electron chi connectivity index (χ3n) is 6.21. The number of rotatable bonds is 8. The van der Waals surface area contributed by atoms with Gasteiger partial charge in [-0.3, -0.25) is 14.3 Å². The number of carbonyl (C=O) groups is 1. The molecule has 2 N–H and O–H groups in total. The number of halogens is 1. The van der Waals surface area contributed by atoms with Crippen LogP contribution in [0, 0.1) is 5.82 Å². The minimum absolute atomic E-state index is 0.00602. The number of nitrogens with one attached hydrogen (secondary N) is 1. The molecule has 10 heteroatoms. The normalized spacial score (nSPS) is 14.3. The molecule has 4 rings (SSSR count). The molecule has 1 amide bonds. The third kappa shape index (κ3) is 5.19. The van der Waals surface area contributed by atoms with Crippen LogP contribution in [0.25, 0.3) is 17.1 Å². The molecule has 0 radical (unpaired) electrons. The quantitative estimate of drug-likeness (QED) is 0.491. The minimum atomic E-state index is -0.453. The van der Waals surface area contributed by atoms with E-state index in [1.165, 1.54) is 23.8 Å². The second-order valence-electron chi connectivity index (χ2n) is 8.97. The molecule has 1 aliphatic heterocycles. The van der Waals surface area contributed by atoms with E-state index in [9.17, 15) is 9.90 Å². The molecular formula is C26H32FN5O4. The summed E-state index contributed by atoms with van der Waals surface area (Å²) in [7, 11) is 1.54. The monoisotopic (exact) mass is 497 g/mol. The second kappa shape index (κ2) is 11.0. The Hall–Kier alpha value is -3.50. The van der Waals surface area contributed by atoms with Crippen molar-refractivity contribution in [2.75, 3.05) is 40.0 Å². The number of carbonyl (C=O) groups excluding carboxylic acids is 1. The number of amides is 1. The van der Waals surface area contributed by atoms with Gasteiger partial charge in [-0.05, 0) is 36.6 Å². The van der Waals surface area contributed by atoms with Crippen molar-refractivity contribution in [1.29, 1.82) is 0 Å². The van der Waals surface area contributed by atoms with Gasteiger partial charge in [0.1, 0.15) is 17.3 Å². The number of ether oxygens (including phenoxy) is 2. The molecule has 2 heterocycles. The fourth-order valence-corrected chi connectivity index (χ4v) is 4.29. The Balaban J connectivity index is 1.81. The first-order chi connectivity index (χ1) is 17.3. The largest absolute Gasteiger partial charge is 0.507 e. The van der Waals surface area contributed by atoms with Crippen LogP contribution in [-0.2, 0) is 11.3 Å². The fraction of sp³-hybridized carbons (Fsp3) is 0.423. The minimum Gasteiger partial charge on any atom is -0.507 e. The first-order valence-electron chi connectivity index (χ1n) is 12.1. The maximum absolute atomic E-state index is 15.3. The fourth-order valence-electron chi connectivity index (χ4n) is 4.29. The Kier molecular flexibility index (Phi) is 7.85. The summed E-state index contributed by atoms with van der Waals surface area (Å²) in [4.78, 5) is 15.0. The summed E-state index contributed by atoms with van der Waals surface area (Å²) >= 11 is 0. The van der Waals surface area contributed by atoms with Crippen LogP contribution in [0.2, 0.25) is 0 Å². The molecule has 0 spiro atoms. The van der Waals surface area contributed by atoms with Gasteiger partial charge in [0, 0.05) is 37.8 Å². The van der Waals surface area contributed by atoms with E-state index >= 15 is 4.39 Å². The van der Waals surface area contributed by atoms with Crippen molar-refractivity contribution in [3.8, 4) is 28.6 Å². The van der Waals surface area contributed by atoms with Gasteiger partial charge in [0.2, 0.25) is 5.82 Å². The van der Waals surface area contributed by atoms with E-state index in [2.05, 4.69) is 20.4 Å². The molecule has 0 atom stereocenters. The van der Waals surface area contributed by atoms with Gasteiger partial charge in [0.15, 0.2) is 5.82 Å². The number of hydrogen-bond acceptors (Lipinski definition) is 7. The number of benzene rings is 2. The molecule has 0 saturated carbocycles. The van der Waals surface area contributed by atoms with Crippen LogP contribution in [0.15, 0.2) is 30.3 Å². The average Bonchev–Trinajstić information content (AvgIpc) is 3.30. The SMILES string of the molecule is CCNC(=O)c1nnc(-c2cc(C(C)C)c(OC)cc2O)n1-c1ccc(CN2CCOCC2)c(F)c1. The summed E-state index contributed by atoms with van der Waals surface area (Å²) in [6.45, 7) is 9.40. The van der Waals surface area contributed by atoms with E-state index in [1.54, 1.807) is 25.1 Å². The van der Waals surface area contributed by atoms with Gasteiger partial charge in [-0.15, -0.1) is 10.2 Å². The molecule has 1 saturated heterocycles. The van der Waals surface area contributed by atoms with Crippen molar-refractivity contribution in [3.63, 3.8) is 0 Å². The number of aromatic hydroxyl groups is 1. The maximum atomic E-state index is 15.3. The predicted molar refractivity (Wildman–Crippen MR) is 133 cm³/mol. The highest BCUT2D eigenvalue weighted by Crippen LogP contribution is 2.38. The Morgan fingerprint density at radius 3 is 2.61 bits per heavy atom. The zero-order valence-corrected chi connectivity index (χ0v) is 21.0. The lowest BCUT2D eigenvalue weighted by atomic mass is 9.98. The summed E-state index contributed by atoms with van der Waals surface area (Å²) in [6, 6.07) is 8.10. The van der Waals surface area contributed by atoms with Crippen LogP contribution in [0.5, 0.6) is 11.5 Å². The van der Waals surface area contributed by atoms with Crippen LogP contribution in [0.1, 0.15) is 48.4 Å². The van der Waals surface area contributed by atoms with Crippen LogP contribution in [-0.4, -0.2) is 70.6 Å². The second-order valence-corrected chi connectivity index (χ2v) is 8.97. The molecule has 2 aromatic carbocycles. The highest BCUT2D eigenvalue weighted by Gasteiger charge is 2.25. The number of phenolic OH excluding ortho intramolecular Hbond substituents is 1. The number of aromatic nitrogens is 3. The molecule has 36 heavy (non-hydrogen) atoms. The van der Waals surface area contributed by atoms with Crippen molar-refractivity contribution in [3.05, 3.63) is 53.1 Å². The summed E-state index contributed by atoms with van der Waals surface area (Å²) < 4.78 is 27.6. The topological polar surface area (TPSA) is 102 Å². The maximum Gasteiger partial charge on any atom is 0.289 e. The van der Waals surface area contributed by atoms with E-state index in [1.807, 2.05) is 13.8 Å². The van der Waals surface area contributed by atoms with Crippen LogP contribution in [0.4, 0.5) is 4.39 Å². The summed E-state index contributed by atoms with van der Waals surface area (Å²) in [5.41, 5.74) is 2.14. The zero-order valence-electron chi connectivity index (χ0n) is 21.0. The number of phenols is 1.